The number of pyridine rings is 2. The zero-order valence-corrected chi connectivity index (χ0v) is 17.7. The van der Waals surface area contributed by atoms with E-state index in [2.05, 4.69) is 21.7 Å². The molecule has 156 valence electrons. The van der Waals surface area contributed by atoms with E-state index in [1.165, 1.54) is 0 Å². The second-order valence-electron chi connectivity index (χ2n) is 7.67. The van der Waals surface area contributed by atoms with Gasteiger partial charge < -0.3 is 15.5 Å². The van der Waals surface area contributed by atoms with E-state index in [0.717, 1.165) is 53.8 Å². The third-order valence-corrected chi connectivity index (χ3v) is 5.79. The molecule has 3 heterocycles. The molecule has 0 saturated carbocycles. The van der Waals surface area contributed by atoms with E-state index in [-0.39, 0.29) is 5.91 Å². The minimum absolute atomic E-state index is 0.0670. The monoisotopic (exact) mass is 403 g/mol. The number of nitrogens with zero attached hydrogens (tertiary/aromatic N) is 3. The van der Waals surface area contributed by atoms with Crippen LogP contribution < -0.4 is 10.6 Å². The highest BCUT2D eigenvalue weighted by Gasteiger charge is 2.16. The van der Waals surface area contributed by atoms with Crippen LogP contribution in [0.15, 0.2) is 48.8 Å². The molecule has 30 heavy (non-hydrogen) atoms. The van der Waals surface area contributed by atoms with Crippen molar-refractivity contribution in [1.82, 2.24) is 20.2 Å². The first-order valence-corrected chi connectivity index (χ1v) is 10.8. The Kier molecular flexibility index (Phi) is 6.23. The molecule has 0 radical (unpaired) electrons. The van der Waals surface area contributed by atoms with Crippen molar-refractivity contribution in [3.8, 4) is 11.3 Å². The molecule has 0 spiro atoms. The Labute approximate surface area is 177 Å². The maximum Gasteiger partial charge on any atom is 0.253 e. The summed E-state index contributed by atoms with van der Waals surface area (Å²) in [6.45, 7) is 7.49. The molecule has 0 bridgehead atoms. The Morgan fingerprint density at radius 3 is 2.57 bits per heavy atom. The molecular formula is C24H29N5O. The lowest BCUT2D eigenvalue weighted by molar-refractivity contribution is 0.0773. The van der Waals surface area contributed by atoms with Crippen molar-refractivity contribution in [3.63, 3.8) is 0 Å². The van der Waals surface area contributed by atoms with E-state index in [1.807, 2.05) is 55.3 Å². The van der Waals surface area contributed by atoms with Crippen LogP contribution in [0.2, 0.25) is 0 Å². The molecule has 1 saturated heterocycles. The van der Waals surface area contributed by atoms with Gasteiger partial charge in [0.25, 0.3) is 5.91 Å². The maximum absolute atomic E-state index is 12.6. The summed E-state index contributed by atoms with van der Waals surface area (Å²) in [5, 5.41) is 8.16. The first-order chi connectivity index (χ1) is 14.7. The Hall–Kier alpha value is -2.99. The Morgan fingerprint density at radius 1 is 1.13 bits per heavy atom. The highest BCUT2D eigenvalue weighted by molar-refractivity contribution is 5.95. The predicted octanol–water partition coefficient (Wildman–Crippen LogP) is 3.94. The van der Waals surface area contributed by atoms with Crippen LogP contribution in [-0.2, 0) is 0 Å². The van der Waals surface area contributed by atoms with Crippen molar-refractivity contribution >= 4 is 22.5 Å². The van der Waals surface area contributed by atoms with Crippen LogP contribution >= 0.6 is 0 Å². The predicted molar refractivity (Wildman–Crippen MR) is 122 cm³/mol. The largest absolute Gasteiger partial charge is 0.382 e. The number of anilines is 1. The normalized spacial score (nSPS) is 14.6. The van der Waals surface area contributed by atoms with Gasteiger partial charge in [0.05, 0.1) is 11.2 Å². The van der Waals surface area contributed by atoms with Crippen LogP contribution in [0, 0.1) is 0 Å². The number of carbonyl (C=O) groups excluding carboxylic acids is 1. The Balaban J connectivity index is 1.66. The van der Waals surface area contributed by atoms with Gasteiger partial charge in [0.2, 0.25) is 0 Å². The summed E-state index contributed by atoms with van der Waals surface area (Å²) in [5.74, 6) is 0.0670. The van der Waals surface area contributed by atoms with Crippen LogP contribution in [0.3, 0.4) is 0 Å². The molecular weight excluding hydrogens is 374 g/mol. The van der Waals surface area contributed by atoms with Crippen LogP contribution in [0.1, 0.15) is 37.0 Å². The second kappa shape index (κ2) is 9.22. The number of piperidine rings is 1. The minimum Gasteiger partial charge on any atom is -0.382 e. The lowest BCUT2D eigenvalue weighted by Gasteiger charge is -2.25. The van der Waals surface area contributed by atoms with Crippen molar-refractivity contribution in [2.75, 3.05) is 31.5 Å². The molecule has 1 amide bonds. The maximum atomic E-state index is 12.6. The average Bonchev–Trinajstić information content (AvgIpc) is 2.80. The van der Waals surface area contributed by atoms with Crippen molar-refractivity contribution < 1.29 is 4.79 Å². The lowest BCUT2D eigenvalue weighted by Crippen LogP contribution is -2.35. The fraction of sp³-hybridized carbons (Fsp3) is 0.375. The number of benzene rings is 1. The van der Waals surface area contributed by atoms with Crippen molar-refractivity contribution in [2.45, 2.75) is 32.7 Å². The fourth-order valence-electron chi connectivity index (χ4n) is 4.00. The summed E-state index contributed by atoms with van der Waals surface area (Å²) in [6, 6.07) is 12.3. The van der Waals surface area contributed by atoms with Gasteiger partial charge in [-0.2, -0.15) is 0 Å². The first kappa shape index (κ1) is 20.3. The van der Waals surface area contributed by atoms with Crippen LogP contribution in [0.25, 0.3) is 22.2 Å². The number of fused-ring (bicyclic) bond motifs is 1. The molecule has 3 aromatic rings. The van der Waals surface area contributed by atoms with E-state index in [0.29, 0.717) is 24.7 Å². The summed E-state index contributed by atoms with van der Waals surface area (Å²) in [6.07, 6.45) is 5.85. The van der Waals surface area contributed by atoms with Gasteiger partial charge in [0, 0.05) is 53.7 Å². The van der Waals surface area contributed by atoms with E-state index in [9.17, 15) is 4.79 Å². The van der Waals surface area contributed by atoms with Crippen LogP contribution in [0.5, 0.6) is 0 Å². The zero-order valence-electron chi connectivity index (χ0n) is 17.7. The molecule has 6 heteroatoms. The molecule has 0 aliphatic carbocycles. The van der Waals surface area contributed by atoms with Gasteiger partial charge in [0.15, 0.2) is 0 Å². The Morgan fingerprint density at radius 2 is 1.87 bits per heavy atom. The minimum atomic E-state index is 0.0670. The molecule has 2 aromatic heterocycles. The molecule has 1 aliphatic heterocycles. The Bertz CT molecular complexity index is 1010. The lowest BCUT2D eigenvalue weighted by atomic mass is 10.0. The fourth-order valence-corrected chi connectivity index (χ4v) is 4.00. The molecule has 6 nitrogen and oxygen atoms in total. The summed E-state index contributed by atoms with van der Waals surface area (Å²) in [5.41, 5.74) is 4.59. The van der Waals surface area contributed by atoms with Crippen molar-refractivity contribution in [1.29, 1.82) is 0 Å². The standard InChI is InChI=1S/C24H29N5O/c1-3-29(4-2)24(30)18-7-5-17(6-8-18)22-15-23(27-19-9-12-25-13-10-19)20-16-26-14-11-21(20)28-22/h5-8,11,14-16,19,25H,3-4,9-10,12-13H2,1-2H3,(H,27,28). The average molecular weight is 404 g/mol. The van der Waals surface area contributed by atoms with Crippen LogP contribution in [0.4, 0.5) is 5.69 Å². The topological polar surface area (TPSA) is 70.2 Å². The van der Waals surface area contributed by atoms with Gasteiger partial charge in [-0.3, -0.25) is 9.78 Å². The number of carbonyl (C=O) groups is 1. The third-order valence-electron chi connectivity index (χ3n) is 5.79. The molecule has 1 fully saturated rings. The zero-order chi connectivity index (χ0) is 20.9. The number of hydrogen-bond acceptors (Lipinski definition) is 5. The summed E-state index contributed by atoms with van der Waals surface area (Å²) in [4.78, 5) is 23.6. The van der Waals surface area contributed by atoms with Crippen LogP contribution in [-0.4, -0.2) is 53.0 Å². The third kappa shape index (κ3) is 4.28. The first-order valence-electron chi connectivity index (χ1n) is 10.8. The summed E-state index contributed by atoms with van der Waals surface area (Å²) >= 11 is 0. The van der Waals surface area contributed by atoms with Gasteiger partial charge >= 0.3 is 0 Å². The molecule has 4 rings (SSSR count). The quantitative estimate of drug-likeness (QED) is 0.652. The van der Waals surface area contributed by atoms with Gasteiger partial charge in [0.1, 0.15) is 0 Å². The molecule has 2 N–H and O–H groups in total. The second-order valence-corrected chi connectivity index (χ2v) is 7.67. The molecule has 0 atom stereocenters. The van der Waals surface area contributed by atoms with Gasteiger partial charge in [-0.05, 0) is 64.0 Å². The highest BCUT2D eigenvalue weighted by atomic mass is 16.2. The van der Waals surface area contributed by atoms with Gasteiger partial charge in [-0.1, -0.05) is 12.1 Å². The molecule has 0 unspecified atom stereocenters. The summed E-state index contributed by atoms with van der Waals surface area (Å²) in [7, 11) is 0. The van der Waals surface area contributed by atoms with E-state index in [1.54, 1.807) is 6.20 Å². The SMILES string of the molecule is CCN(CC)C(=O)c1ccc(-c2cc(NC3CCNCC3)c3cnccc3n2)cc1. The summed E-state index contributed by atoms with van der Waals surface area (Å²) < 4.78 is 0. The van der Waals surface area contributed by atoms with Gasteiger partial charge in [-0.15, -0.1) is 0 Å². The van der Waals surface area contributed by atoms with E-state index < -0.39 is 0 Å². The highest BCUT2D eigenvalue weighted by Crippen LogP contribution is 2.29. The van der Waals surface area contributed by atoms with Crippen molar-refractivity contribution in [2.24, 2.45) is 0 Å². The number of hydrogen-bond donors (Lipinski definition) is 2. The molecule has 1 aliphatic rings. The number of rotatable bonds is 6. The van der Waals surface area contributed by atoms with E-state index in [4.69, 9.17) is 4.98 Å². The molecule has 1 aromatic carbocycles. The number of nitrogens with one attached hydrogen (secondary N) is 2. The van der Waals surface area contributed by atoms with Crippen molar-refractivity contribution in [3.05, 3.63) is 54.4 Å². The van der Waals surface area contributed by atoms with Gasteiger partial charge in [-0.25, -0.2) is 4.98 Å². The van der Waals surface area contributed by atoms with E-state index >= 15 is 0 Å². The smallest absolute Gasteiger partial charge is 0.253 e. The number of amides is 1. The number of aromatic nitrogens is 2.